The number of nitrogens with one attached hydrogen (secondary N) is 4. The maximum absolute atomic E-state index is 13.9. The SMILES string of the molecule is O=C(CO/N=C1/C(=C2\C(=O)Nc3ccc(F)cc32)Nc2ccccc21)NC1CCNC1. The predicted molar refractivity (Wildman–Crippen MR) is 114 cm³/mol. The summed E-state index contributed by atoms with van der Waals surface area (Å²) in [6.45, 7) is 1.36. The average Bonchev–Trinajstić information content (AvgIpc) is 3.45. The molecule has 1 unspecified atom stereocenters. The Morgan fingerprint density at radius 1 is 1.16 bits per heavy atom. The van der Waals surface area contributed by atoms with E-state index in [1.165, 1.54) is 18.2 Å². The normalized spacial score (nSPS) is 22.7. The average molecular weight is 421 g/mol. The number of benzene rings is 2. The van der Waals surface area contributed by atoms with Gasteiger partial charge in [-0.2, -0.15) is 0 Å². The Bertz CT molecular complexity index is 1140. The minimum Gasteiger partial charge on any atom is -0.385 e. The Balaban J connectivity index is 1.46. The highest BCUT2D eigenvalue weighted by Crippen LogP contribution is 2.39. The maximum Gasteiger partial charge on any atom is 0.261 e. The van der Waals surface area contributed by atoms with Crippen LogP contribution in [0, 0.1) is 5.82 Å². The van der Waals surface area contributed by atoms with Crippen LogP contribution >= 0.6 is 0 Å². The van der Waals surface area contributed by atoms with Crippen LogP contribution in [-0.2, 0) is 14.4 Å². The lowest BCUT2D eigenvalue weighted by Gasteiger charge is -2.10. The van der Waals surface area contributed by atoms with Crippen LogP contribution in [0.3, 0.4) is 0 Å². The van der Waals surface area contributed by atoms with Gasteiger partial charge in [-0.3, -0.25) is 9.59 Å². The molecule has 0 radical (unpaired) electrons. The Morgan fingerprint density at radius 3 is 2.84 bits per heavy atom. The van der Waals surface area contributed by atoms with Gasteiger partial charge < -0.3 is 26.1 Å². The number of anilines is 2. The highest BCUT2D eigenvalue weighted by Gasteiger charge is 2.34. The molecule has 3 heterocycles. The van der Waals surface area contributed by atoms with Gasteiger partial charge in [-0.05, 0) is 37.2 Å². The predicted octanol–water partition coefficient (Wildman–Crippen LogP) is 1.81. The van der Waals surface area contributed by atoms with Gasteiger partial charge in [-0.1, -0.05) is 23.4 Å². The van der Waals surface area contributed by atoms with Gasteiger partial charge in [-0.25, -0.2) is 4.39 Å². The van der Waals surface area contributed by atoms with Crippen molar-refractivity contribution in [2.45, 2.75) is 12.5 Å². The summed E-state index contributed by atoms with van der Waals surface area (Å²) in [5.74, 6) is -1.08. The van der Waals surface area contributed by atoms with Crippen molar-refractivity contribution in [3.8, 4) is 0 Å². The number of hydrogen-bond acceptors (Lipinski definition) is 6. The maximum atomic E-state index is 13.9. The minimum absolute atomic E-state index is 0.0869. The standard InChI is InChI=1S/C22H20FN5O3/c23-12-5-6-17-15(9-12)19(22(30)27-17)21-20(14-3-1-2-4-16(14)26-21)28-31-11-18(29)25-13-7-8-24-10-13/h1-6,9,13,24,26H,7-8,10-11H2,(H,25,29)(H,27,30)/b21-19+,28-20+. The summed E-state index contributed by atoms with van der Waals surface area (Å²) < 4.78 is 13.9. The van der Waals surface area contributed by atoms with Crippen LogP contribution in [0.5, 0.6) is 0 Å². The van der Waals surface area contributed by atoms with Crippen molar-refractivity contribution in [3.05, 3.63) is 65.1 Å². The van der Waals surface area contributed by atoms with E-state index >= 15 is 0 Å². The summed E-state index contributed by atoms with van der Waals surface area (Å²) in [5.41, 5.74) is 3.50. The van der Waals surface area contributed by atoms with Gasteiger partial charge in [0.2, 0.25) is 0 Å². The van der Waals surface area contributed by atoms with Gasteiger partial charge in [0.25, 0.3) is 11.8 Å². The van der Waals surface area contributed by atoms with E-state index in [0.29, 0.717) is 22.7 Å². The fourth-order valence-corrected chi connectivity index (χ4v) is 3.99. The van der Waals surface area contributed by atoms with Gasteiger partial charge in [0.15, 0.2) is 6.61 Å². The fraction of sp³-hybridized carbons (Fsp3) is 0.227. The highest BCUT2D eigenvalue weighted by molar-refractivity contribution is 6.39. The van der Waals surface area contributed by atoms with Crippen LogP contribution < -0.4 is 21.3 Å². The molecular formula is C22H20FN5O3. The molecule has 5 rings (SSSR count). The van der Waals surface area contributed by atoms with E-state index in [-0.39, 0.29) is 30.0 Å². The molecule has 3 aliphatic rings. The van der Waals surface area contributed by atoms with Crippen LogP contribution in [0.25, 0.3) is 5.57 Å². The lowest BCUT2D eigenvalue weighted by molar-refractivity contribution is -0.126. The summed E-state index contributed by atoms with van der Waals surface area (Å²) in [5, 5.41) is 16.2. The zero-order chi connectivity index (χ0) is 21.4. The van der Waals surface area contributed by atoms with Crippen molar-refractivity contribution < 1.29 is 18.8 Å². The summed E-state index contributed by atoms with van der Waals surface area (Å²) in [7, 11) is 0. The number of amides is 2. The summed E-state index contributed by atoms with van der Waals surface area (Å²) >= 11 is 0. The Labute approximate surface area is 177 Å². The quantitative estimate of drug-likeness (QED) is 0.445. The van der Waals surface area contributed by atoms with Crippen molar-refractivity contribution in [1.82, 2.24) is 10.6 Å². The molecule has 9 heteroatoms. The molecule has 3 aliphatic heterocycles. The monoisotopic (exact) mass is 421 g/mol. The molecule has 0 bridgehead atoms. The molecular weight excluding hydrogens is 401 g/mol. The number of para-hydroxylation sites is 1. The molecule has 4 N–H and O–H groups in total. The number of rotatable bonds is 4. The van der Waals surface area contributed by atoms with Gasteiger partial charge in [0.1, 0.15) is 11.5 Å². The first-order valence-electron chi connectivity index (χ1n) is 10.0. The van der Waals surface area contributed by atoms with E-state index in [9.17, 15) is 14.0 Å². The van der Waals surface area contributed by atoms with E-state index in [2.05, 4.69) is 26.4 Å². The van der Waals surface area contributed by atoms with E-state index in [0.717, 1.165) is 30.8 Å². The zero-order valence-electron chi connectivity index (χ0n) is 16.5. The Morgan fingerprint density at radius 2 is 2.00 bits per heavy atom. The third-order valence-electron chi connectivity index (χ3n) is 5.43. The second-order valence-electron chi connectivity index (χ2n) is 7.54. The van der Waals surface area contributed by atoms with Crippen LogP contribution in [0.15, 0.2) is 53.3 Å². The first-order valence-corrected chi connectivity index (χ1v) is 10.0. The molecule has 8 nitrogen and oxygen atoms in total. The van der Waals surface area contributed by atoms with E-state index in [1.54, 1.807) is 0 Å². The van der Waals surface area contributed by atoms with E-state index in [4.69, 9.17) is 4.84 Å². The van der Waals surface area contributed by atoms with E-state index in [1.807, 2.05) is 24.3 Å². The number of oxime groups is 1. The smallest absolute Gasteiger partial charge is 0.261 e. The third-order valence-corrected chi connectivity index (χ3v) is 5.43. The number of nitrogens with zero attached hydrogens (tertiary/aromatic N) is 1. The number of carbonyl (C=O) groups is 2. The molecule has 0 aromatic heterocycles. The van der Waals surface area contributed by atoms with Crippen molar-refractivity contribution in [2.75, 3.05) is 30.3 Å². The summed E-state index contributed by atoms with van der Waals surface area (Å²) in [6.07, 6.45) is 0.874. The lowest BCUT2D eigenvalue weighted by Crippen LogP contribution is -2.38. The number of fused-ring (bicyclic) bond motifs is 2. The molecule has 0 spiro atoms. The second-order valence-corrected chi connectivity index (χ2v) is 7.54. The first kappa shape index (κ1) is 19.3. The van der Waals surface area contributed by atoms with Crippen LogP contribution in [0.4, 0.5) is 15.8 Å². The molecule has 0 saturated carbocycles. The molecule has 1 fully saturated rings. The Hall–Kier alpha value is -3.72. The molecule has 2 aromatic rings. The number of allylic oxidation sites excluding steroid dienone is 1. The molecule has 2 aromatic carbocycles. The van der Waals surface area contributed by atoms with Gasteiger partial charge in [-0.15, -0.1) is 0 Å². The number of halogens is 1. The fourth-order valence-electron chi connectivity index (χ4n) is 3.99. The van der Waals surface area contributed by atoms with Crippen molar-refractivity contribution >= 4 is 34.5 Å². The lowest BCUT2D eigenvalue weighted by atomic mass is 10.0. The molecule has 1 saturated heterocycles. The third kappa shape index (κ3) is 3.64. The topological polar surface area (TPSA) is 104 Å². The molecule has 158 valence electrons. The van der Waals surface area contributed by atoms with Crippen molar-refractivity contribution in [3.63, 3.8) is 0 Å². The van der Waals surface area contributed by atoms with Gasteiger partial charge in [0.05, 0.1) is 11.3 Å². The van der Waals surface area contributed by atoms with Gasteiger partial charge in [0, 0.05) is 35.1 Å². The second kappa shape index (κ2) is 7.84. The number of hydrogen-bond donors (Lipinski definition) is 4. The summed E-state index contributed by atoms with van der Waals surface area (Å²) in [6, 6.07) is 11.6. The number of carbonyl (C=O) groups excluding carboxylic acids is 2. The van der Waals surface area contributed by atoms with Crippen LogP contribution in [0.2, 0.25) is 0 Å². The largest absolute Gasteiger partial charge is 0.385 e. The molecule has 1 atom stereocenters. The zero-order valence-corrected chi connectivity index (χ0v) is 16.5. The van der Waals surface area contributed by atoms with Crippen LogP contribution in [-0.4, -0.2) is 43.3 Å². The molecule has 2 amide bonds. The minimum atomic E-state index is -0.448. The first-order chi connectivity index (χ1) is 15.1. The van der Waals surface area contributed by atoms with Gasteiger partial charge >= 0.3 is 0 Å². The summed E-state index contributed by atoms with van der Waals surface area (Å²) in [4.78, 5) is 30.2. The molecule has 31 heavy (non-hydrogen) atoms. The van der Waals surface area contributed by atoms with Crippen LogP contribution in [0.1, 0.15) is 17.5 Å². The molecule has 0 aliphatic carbocycles. The Kier molecular flexibility index (Phi) is 4.87. The van der Waals surface area contributed by atoms with Crippen molar-refractivity contribution in [1.29, 1.82) is 0 Å². The van der Waals surface area contributed by atoms with Crippen molar-refractivity contribution in [2.24, 2.45) is 5.16 Å². The van der Waals surface area contributed by atoms with E-state index < -0.39 is 5.82 Å². The highest BCUT2D eigenvalue weighted by atomic mass is 19.1.